The minimum atomic E-state index is -0.512. The maximum atomic E-state index is 10.5. The number of carbonyl (C=O) groups excluding carboxylic acids is 1. The molecule has 0 aliphatic carbocycles. The third kappa shape index (κ3) is 2.35. The van der Waals surface area contributed by atoms with Crippen LogP contribution in [0.4, 0.5) is 0 Å². The van der Waals surface area contributed by atoms with Gasteiger partial charge < -0.3 is 5.11 Å². The highest BCUT2D eigenvalue weighted by molar-refractivity contribution is 7.13. The maximum Gasteiger partial charge on any atom is 0.161 e. The Morgan fingerprint density at radius 3 is 2.85 bits per heavy atom. The van der Waals surface area contributed by atoms with Crippen LogP contribution in [0, 0.1) is 6.92 Å². The number of aromatic nitrogens is 1. The predicted octanol–water partition coefficient (Wildman–Crippen LogP) is 2.10. The molecule has 1 heterocycles. The number of aliphatic hydroxyl groups excluding tert-OH is 1. The molecule has 0 saturated carbocycles. The van der Waals surface area contributed by atoms with Gasteiger partial charge in [0.1, 0.15) is 11.1 Å². The van der Waals surface area contributed by atoms with Crippen molar-refractivity contribution >= 4 is 17.6 Å². The van der Waals surface area contributed by atoms with Gasteiger partial charge in [-0.2, -0.15) is 0 Å². The molecule has 3 nitrogen and oxygen atoms in total. The molecule has 0 bridgehead atoms. The van der Waals surface area contributed by atoms with E-state index in [1.165, 1.54) is 11.3 Å². The molecule has 4 heteroatoms. The van der Waals surface area contributed by atoms with Gasteiger partial charge in [-0.3, -0.25) is 4.79 Å². The molecule has 1 aromatic rings. The lowest BCUT2D eigenvalue weighted by Gasteiger charge is -2.03. The number of hydrogen-bond donors (Lipinski definition) is 1. The SMILES string of the molecule is CCCC(O)c1nc(C)c(C=O)s1. The van der Waals surface area contributed by atoms with Crippen molar-refractivity contribution in [1.82, 2.24) is 4.98 Å². The van der Waals surface area contributed by atoms with Gasteiger partial charge in [-0.15, -0.1) is 11.3 Å². The van der Waals surface area contributed by atoms with Crippen LogP contribution in [0.15, 0.2) is 0 Å². The minimum absolute atomic E-state index is 0.512. The summed E-state index contributed by atoms with van der Waals surface area (Å²) in [6.45, 7) is 3.78. The average Bonchev–Trinajstić information content (AvgIpc) is 2.47. The Morgan fingerprint density at radius 2 is 2.38 bits per heavy atom. The van der Waals surface area contributed by atoms with Gasteiger partial charge in [0.2, 0.25) is 0 Å². The third-order valence-electron chi connectivity index (χ3n) is 1.80. The number of rotatable bonds is 4. The Bertz CT molecular complexity index is 296. The Labute approximate surface area is 81.4 Å². The molecular weight excluding hydrogens is 186 g/mol. The van der Waals surface area contributed by atoms with E-state index in [9.17, 15) is 9.90 Å². The van der Waals surface area contributed by atoms with E-state index in [0.29, 0.717) is 22.0 Å². The van der Waals surface area contributed by atoms with Crippen molar-refractivity contribution in [2.75, 3.05) is 0 Å². The summed E-state index contributed by atoms with van der Waals surface area (Å²) in [6.07, 6.45) is 1.89. The van der Waals surface area contributed by atoms with Crippen LogP contribution >= 0.6 is 11.3 Å². The Morgan fingerprint density at radius 1 is 1.69 bits per heavy atom. The van der Waals surface area contributed by atoms with Crippen LogP contribution in [0.3, 0.4) is 0 Å². The molecule has 1 atom stereocenters. The highest BCUT2D eigenvalue weighted by atomic mass is 32.1. The molecular formula is C9H13NO2S. The van der Waals surface area contributed by atoms with Crippen LogP contribution in [0.5, 0.6) is 0 Å². The van der Waals surface area contributed by atoms with Crippen LogP contribution in [0.2, 0.25) is 0 Å². The number of thiazole rings is 1. The van der Waals surface area contributed by atoms with E-state index in [4.69, 9.17) is 0 Å². The summed E-state index contributed by atoms with van der Waals surface area (Å²) in [4.78, 5) is 15.3. The second-order valence-electron chi connectivity index (χ2n) is 2.92. The number of nitrogens with zero attached hydrogens (tertiary/aromatic N) is 1. The van der Waals surface area contributed by atoms with Crippen LogP contribution in [0.1, 0.15) is 46.2 Å². The highest BCUT2D eigenvalue weighted by Gasteiger charge is 2.13. The normalized spacial score (nSPS) is 12.8. The molecule has 0 fully saturated rings. The molecule has 1 aromatic heterocycles. The predicted molar refractivity (Wildman–Crippen MR) is 52.1 cm³/mol. The maximum absolute atomic E-state index is 10.5. The summed E-state index contributed by atoms with van der Waals surface area (Å²) in [6, 6.07) is 0. The molecule has 72 valence electrons. The first kappa shape index (κ1) is 10.3. The molecule has 1 N–H and O–H groups in total. The van der Waals surface area contributed by atoms with Gasteiger partial charge >= 0.3 is 0 Å². The van der Waals surface area contributed by atoms with Gasteiger partial charge in [0, 0.05) is 0 Å². The molecule has 0 aliphatic rings. The molecule has 1 unspecified atom stereocenters. The van der Waals surface area contributed by atoms with E-state index in [-0.39, 0.29) is 0 Å². The fourth-order valence-electron chi connectivity index (χ4n) is 1.08. The smallest absolute Gasteiger partial charge is 0.161 e. The molecule has 0 aromatic carbocycles. The standard InChI is InChI=1S/C9H13NO2S/c1-3-4-7(12)9-10-6(2)8(5-11)13-9/h5,7,12H,3-4H2,1-2H3. The van der Waals surface area contributed by atoms with Crippen molar-refractivity contribution in [3.05, 3.63) is 15.6 Å². The molecule has 0 amide bonds. The Kier molecular flexibility index (Phi) is 3.57. The van der Waals surface area contributed by atoms with E-state index in [2.05, 4.69) is 4.98 Å². The van der Waals surface area contributed by atoms with Gasteiger partial charge in [0.25, 0.3) is 0 Å². The van der Waals surface area contributed by atoms with Gasteiger partial charge in [0.15, 0.2) is 6.29 Å². The topological polar surface area (TPSA) is 50.2 Å². The van der Waals surface area contributed by atoms with Crippen molar-refractivity contribution in [3.8, 4) is 0 Å². The summed E-state index contributed by atoms with van der Waals surface area (Å²) in [5.74, 6) is 0. The van der Waals surface area contributed by atoms with Crippen LogP contribution < -0.4 is 0 Å². The first-order valence-electron chi connectivity index (χ1n) is 4.29. The summed E-state index contributed by atoms with van der Waals surface area (Å²) in [7, 11) is 0. The lowest BCUT2D eigenvalue weighted by atomic mass is 10.2. The van der Waals surface area contributed by atoms with Crippen LogP contribution in [-0.2, 0) is 0 Å². The van der Waals surface area contributed by atoms with Gasteiger partial charge in [-0.25, -0.2) is 4.98 Å². The van der Waals surface area contributed by atoms with Gasteiger partial charge in [-0.05, 0) is 13.3 Å². The van der Waals surface area contributed by atoms with E-state index < -0.39 is 6.10 Å². The first-order valence-corrected chi connectivity index (χ1v) is 5.11. The summed E-state index contributed by atoms with van der Waals surface area (Å²) < 4.78 is 0. The summed E-state index contributed by atoms with van der Waals surface area (Å²) >= 11 is 1.28. The van der Waals surface area contributed by atoms with Crippen molar-refractivity contribution in [3.63, 3.8) is 0 Å². The van der Waals surface area contributed by atoms with Gasteiger partial charge in [-0.1, -0.05) is 13.3 Å². The average molecular weight is 199 g/mol. The second kappa shape index (κ2) is 4.48. The number of carbonyl (C=O) groups is 1. The summed E-state index contributed by atoms with van der Waals surface area (Å²) in [5.41, 5.74) is 0.713. The lowest BCUT2D eigenvalue weighted by molar-refractivity contribution is 0.112. The number of aldehydes is 1. The Balaban J connectivity index is 2.83. The number of hydrogen-bond acceptors (Lipinski definition) is 4. The van der Waals surface area contributed by atoms with E-state index in [1.54, 1.807) is 6.92 Å². The van der Waals surface area contributed by atoms with Crippen molar-refractivity contribution in [2.45, 2.75) is 32.8 Å². The van der Waals surface area contributed by atoms with Crippen molar-refractivity contribution in [1.29, 1.82) is 0 Å². The third-order valence-corrected chi connectivity index (χ3v) is 2.99. The zero-order valence-corrected chi connectivity index (χ0v) is 8.60. The van der Waals surface area contributed by atoms with Crippen LogP contribution in [0.25, 0.3) is 0 Å². The second-order valence-corrected chi connectivity index (χ2v) is 3.99. The molecule has 0 radical (unpaired) electrons. The minimum Gasteiger partial charge on any atom is -0.386 e. The van der Waals surface area contributed by atoms with E-state index in [0.717, 1.165) is 12.7 Å². The van der Waals surface area contributed by atoms with E-state index >= 15 is 0 Å². The lowest BCUT2D eigenvalue weighted by Crippen LogP contribution is -1.95. The fourth-order valence-corrected chi connectivity index (χ4v) is 1.98. The van der Waals surface area contributed by atoms with Crippen molar-refractivity contribution < 1.29 is 9.90 Å². The number of aryl methyl sites for hydroxylation is 1. The zero-order chi connectivity index (χ0) is 9.84. The monoisotopic (exact) mass is 199 g/mol. The van der Waals surface area contributed by atoms with Crippen molar-refractivity contribution in [2.24, 2.45) is 0 Å². The van der Waals surface area contributed by atoms with Gasteiger partial charge in [0.05, 0.1) is 10.6 Å². The molecule has 13 heavy (non-hydrogen) atoms. The first-order chi connectivity index (χ1) is 6.19. The largest absolute Gasteiger partial charge is 0.386 e. The van der Waals surface area contributed by atoms with Crippen LogP contribution in [-0.4, -0.2) is 16.4 Å². The zero-order valence-electron chi connectivity index (χ0n) is 7.78. The molecule has 0 aliphatic heterocycles. The Hall–Kier alpha value is -0.740. The fraction of sp³-hybridized carbons (Fsp3) is 0.556. The molecule has 0 saturated heterocycles. The quantitative estimate of drug-likeness (QED) is 0.755. The molecule has 1 rings (SSSR count). The molecule has 0 spiro atoms. The number of aliphatic hydroxyl groups is 1. The summed E-state index contributed by atoms with van der Waals surface area (Å²) in [5, 5.41) is 10.2. The highest BCUT2D eigenvalue weighted by Crippen LogP contribution is 2.24. The van der Waals surface area contributed by atoms with E-state index in [1.807, 2.05) is 6.92 Å².